The maximum absolute atomic E-state index is 5.77. The fourth-order valence-electron chi connectivity index (χ4n) is 2.50. The Hall–Kier alpha value is -1.06. The summed E-state index contributed by atoms with van der Waals surface area (Å²) in [5.41, 5.74) is 3.94. The molecule has 0 aliphatic rings. The molecule has 2 rings (SSSR count). The molecule has 2 nitrogen and oxygen atoms in total. The topological polar surface area (TPSA) is 25.2 Å². The SMILES string of the molecule is CCNC(c1ccsc1C)c1c(C)oc(C)c1C. The lowest BCUT2D eigenvalue weighted by Crippen LogP contribution is -2.23. The summed E-state index contributed by atoms with van der Waals surface area (Å²) >= 11 is 1.80. The van der Waals surface area contributed by atoms with Crippen molar-refractivity contribution in [2.45, 2.75) is 40.7 Å². The molecule has 0 aliphatic heterocycles. The van der Waals surface area contributed by atoms with Crippen LogP contribution in [0.2, 0.25) is 0 Å². The summed E-state index contributed by atoms with van der Waals surface area (Å²) < 4.78 is 5.77. The van der Waals surface area contributed by atoms with E-state index < -0.39 is 0 Å². The summed E-state index contributed by atoms with van der Waals surface area (Å²) in [7, 11) is 0. The Morgan fingerprint density at radius 1 is 1.22 bits per heavy atom. The van der Waals surface area contributed by atoms with Crippen molar-refractivity contribution < 1.29 is 4.42 Å². The third-order valence-electron chi connectivity index (χ3n) is 3.52. The number of rotatable bonds is 4. The van der Waals surface area contributed by atoms with Gasteiger partial charge in [0.1, 0.15) is 11.5 Å². The van der Waals surface area contributed by atoms with Gasteiger partial charge in [-0.3, -0.25) is 0 Å². The first-order valence-electron chi connectivity index (χ1n) is 6.40. The van der Waals surface area contributed by atoms with Gasteiger partial charge in [0, 0.05) is 10.4 Å². The molecule has 1 atom stereocenters. The van der Waals surface area contributed by atoms with Crippen LogP contribution in [0.4, 0.5) is 0 Å². The van der Waals surface area contributed by atoms with Crippen molar-refractivity contribution in [3.8, 4) is 0 Å². The van der Waals surface area contributed by atoms with E-state index in [1.165, 1.54) is 21.6 Å². The number of thiophene rings is 1. The molecular weight excluding hydrogens is 242 g/mol. The zero-order valence-corrected chi connectivity index (χ0v) is 12.6. The Kier molecular flexibility index (Phi) is 3.93. The highest BCUT2D eigenvalue weighted by Gasteiger charge is 2.23. The number of furan rings is 1. The largest absolute Gasteiger partial charge is 0.466 e. The second-order valence-electron chi connectivity index (χ2n) is 4.68. The molecule has 0 saturated carbocycles. The van der Waals surface area contributed by atoms with E-state index in [1.807, 2.05) is 6.92 Å². The van der Waals surface area contributed by atoms with Gasteiger partial charge in [-0.25, -0.2) is 0 Å². The average molecular weight is 263 g/mol. The molecule has 0 aromatic carbocycles. The summed E-state index contributed by atoms with van der Waals surface area (Å²) in [6.07, 6.45) is 0. The first-order valence-corrected chi connectivity index (χ1v) is 7.28. The lowest BCUT2D eigenvalue weighted by molar-refractivity contribution is 0.494. The van der Waals surface area contributed by atoms with Gasteiger partial charge in [-0.2, -0.15) is 0 Å². The smallest absolute Gasteiger partial charge is 0.106 e. The summed E-state index contributed by atoms with van der Waals surface area (Å²) in [6, 6.07) is 2.47. The first-order chi connectivity index (χ1) is 8.56. The number of aryl methyl sites for hydroxylation is 3. The molecule has 98 valence electrons. The summed E-state index contributed by atoms with van der Waals surface area (Å²) in [5.74, 6) is 2.06. The number of hydrogen-bond acceptors (Lipinski definition) is 3. The van der Waals surface area contributed by atoms with E-state index in [4.69, 9.17) is 4.42 Å². The second-order valence-corrected chi connectivity index (χ2v) is 5.80. The Balaban J connectivity index is 2.51. The molecule has 1 N–H and O–H groups in total. The van der Waals surface area contributed by atoms with Crippen molar-refractivity contribution in [2.75, 3.05) is 6.54 Å². The van der Waals surface area contributed by atoms with Crippen molar-refractivity contribution in [1.82, 2.24) is 5.32 Å². The molecule has 0 aliphatic carbocycles. The van der Waals surface area contributed by atoms with Gasteiger partial charge in [-0.15, -0.1) is 11.3 Å². The summed E-state index contributed by atoms with van der Waals surface area (Å²) in [6.45, 7) is 11.5. The molecule has 0 amide bonds. The summed E-state index contributed by atoms with van der Waals surface area (Å²) in [4.78, 5) is 1.37. The van der Waals surface area contributed by atoms with Crippen LogP contribution in [-0.2, 0) is 0 Å². The third-order valence-corrected chi connectivity index (χ3v) is 4.39. The minimum Gasteiger partial charge on any atom is -0.466 e. The zero-order valence-electron chi connectivity index (χ0n) is 11.8. The molecule has 3 heteroatoms. The fraction of sp³-hybridized carbons (Fsp3) is 0.467. The van der Waals surface area contributed by atoms with Crippen LogP contribution in [0, 0.1) is 27.7 Å². The van der Waals surface area contributed by atoms with Crippen LogP contribution in [-0.4, -0.2) is 6.54 Å². The lowest BCUT2D eigenvalue weighted by atomic mass is 9.96. The fourth-order valence-corrected chi connectivity index (χ4v) is 3.24. The molecule has 2 aromatic heterocycles. The minimum absolute atomic E-state index is 0.249. The molecule has 0 bridgehead atoms. The third kappa shape index (κ3) is 2.25. The van der Waals surface area contributed by atoms with Crippen LogP contribution in [0.15, 0.2) is 15.9 Å². The standard InChI is InChI=1S/C15H21NOS/c1-6-16-15(13-7-8-18-12(13)5)14-9(2)10(3)17-11(14)4/h7-8,15-16H,6H2,1-5H3. The summed E-state index contributed by atoms with van der Waals surface area (Å²) in [5, 5.41) is 5.74. The Bertz CT molecular complexity index is 539. The van der Waals surface area contributed by atoms with Gasteiger partial charge in [0.2, 0.25) is 0 Å². The molecule has 1 unspecified atom stereocenters. The molecule has 18 heavy (non-hydrogen) atoms. The highest BCUT2D eigenvalue weighted by molar-refractivity contribution is 7.10. The van der Waals surface area contributed by atoms with Gasteiger partial charge >= 0.3 is 0 Å². The lowest BCUT2D eigenvalue weighted by Gasteiger charge is -2.19. The molecule has 0 fully saturated rings. The van der Waals surface area contributed by atoms with Gasteiger partial charge in [0.05, 0.1) is 6.04 Å². The normalized spacial score (nSPS) is 12.9. The maximum atomic E-state index is 5.77. The zero-order chi connectivity index (χ0) is 13.3. The van der Waals surface area contributed by atoms with Gasteiger partial charge < -0.3 is 9.73 Å². The molecule has 0 spiro atoms. The molecule has 2 heterocycles. The molecular formula is C15H21NOS. The Labute approximate surface area is 113 Å². The van der Waals surface area contributed by atoms with Gasteiger partial charge in [0.25, 0.3) is 0 Å². The van der Waals surface area contributed by atoms with Crippen molar-refractivity contribution in [2.24, 2.45) is 0 Å². The first kappa shape index (κ1) is 13.4. The predicted octanol–water partition coefficient (Wildman–Crippen LogP) is 4.27. The van der Waals surface area contributed by atoms with E-state index in [0.29, 0.717) is 0 Å². The predicted molar refractivity (Wildman–Crippen MR) is 77.5 cm³/mol. The van der Waals surface area contributed by atoms with Crippen molar-refractivity contribution in [3.63, 3.8) is 0 Å². The molecule has 0 saturated heterocycles. The van der Waals surface area contributed by atoms with Crippen LogP contribution >= 0.6 is 11.3 Å². The van der Waals surface area contributed by atoms with E-state index in [1.54, 1.807) is 11.3 Å². The van der Waals surface area contributed by atoms with Crippen molar-refractivity contribution >= 4 is 11.3 Å². The molecule has 2 aromatic rings. The maximum Gasteiger partial charge on any atom is 0.106 e. The highest BCUT2D eigenvalue weighted by atomic mass is 32.1. The van der Waals surface area contributed by atoms with E-state index in [2.05, 4.69) is 44.5 Å². The van der Waals surface area contributed by atoms with E-state index in [9.17, 15) is 0 Å². The van der Waals surface area contributed by atoms with Crippen LogP contribution < -0.4 is 5.32 Å². The second kappa shape index (κ2) is 5.29. The Morgan fingerprint density at radius 3 is 2.39 bits per heavy atom. The monoisotopic (exact) mass is 263 g/mol. The van der Waals surface area contributed by atoms with Gasteiger partial charge in [-0.05, 0) is 56.8 Å². The van der Waals surface area contributed by atoms with Crippen LogP contribution in [0.3, 0.4) is 0 Å². The molecule has 0 radical (unpaired) electrons. The number of hydrogen-bond donors (Lipinski definition) is 1. The quantitative estimate of drug-likeness (QED) is 0.891. The van der Waals surface area contributed by atoms with E-state index in [0.717, 1.165) is 18.1 Å². The van der Waals surface area contributed by atoms with Crippen LogP contribution in [0.1, 0.15) is 46.1 Å². The average Bonchev–Trinajstić information content (AvgIpc) is 2.83. The van der Waals surface area contributed by atoms with Crippen LogP contribution in [0.25, 0.3) is 0 Å². The van der Waals surface area contributed by atoms with E-state index >= 15 is 0 Å². The number of nitrogens with one attached hydrogen (secondary N) is 1. The van der Waals surface area contributed by atoms with Gasteiger partial charge in [-0.1, -0.05) is 6.92 Å². The van der Waals surface area contributed by atoms with E-state index in [-0.39, 0.29) is 6.04 Å². The Morgan fingerprint density at radius 2 is 1.94 bits per heavy atom. The van der Waals surface area contributed by atoms with Crippen molar-refractivity contribution in [1.29, 1.82) is 0 Å². The minimum atomic E-state index is 0.249. The highest BCUT2D eigenvalue weighted by Crippen LogP contribution is 2.34. The van der Waals surface area contributed by atoms with Crippen molar-refractivity contribution in [3.05, 3.63) is 44.5 Å². The van der Waals surface area contributed by atoms with Gasteiger partial charge in [0.15, 0.2) is 0 Å². The van der Waals surface area contributed by atoms with Crippen LogP contribution in [0.5, 0.6) is 0 Å².